The van der Waals surface area contributed by atoms with E-state index in [0.29, 0.717) is 6.04 Å². The van der Waals surface area contributed by atoms with Crippen LogP contribution in [0.3, 0.4) is 0 Å². The number of carboxylic acids is 1. The minimum atomic E-state index is -0.992. The van der Waals surface area contributed by atoms with Gasteiger partial charge in [0.1, 0.15) is 0 Å². The number of benzene rings is 1. The van der Waals surface area contributed by atoms with Crippen LogP contribution in [0, 0.1) is 5.92 Å². The van der Waals surface area contributed by atoms with E-state index in [9.17, 15) is 4.79 Å². The molecular formula is C13H16ClNO2. The summed E-state index contributed by atoms with van der Waals surface area (Å²) < 4.78 is 0. The van der Waals surface area contributed by atoms with Crippen molar-refractivity contribution in [3.63, 3.8) is 0 Å². The Kier molecular flexibility index (Phi) is 3.57. The van der Waals surface area contributed by atoms with Gasteiger partial charge < -0.3 is 10.4 Å². The van der Waals surface area contributed by atoms with Gasteiger partial charge in [-0.25, -0.2) is 4.79 Å². The molecular weight excluding hydrogens is 238 g/mol. The highest BCUT2D eigenvalue weighted by atomic mass is 35.5. The molecule has 0 saturated heterocycles. The van der Waals surface area contributed by atoms with Gasteiger partial charge in [-0.1, -0.05) is 24.4 Å². The van der Waals surface area contributed by atoms with Crippen molar-refractivity contribution in [1.82, 2.24) is 0 Å². The Bertz CT molecular complexity index is 429. The second-order valence-corrected chi connectivity index (χ2v) is 5.13. The Labute approximate surface area is 106 Å². The lowest BCUT2D eigenvalue weighted by Gasteiger charge is -2.15. The van der Waals surface area contributed by atoms with Gasteiger partial charge in [0.05, 0.1) is 10.6 Å². The van der Waals surface area contributed by atoms with Gasteiger partial charge in [-0.05, 0) is 37.5 Å². The maximum absolute atomic E-state index is 10.9. The largest absolute Gasteiger partial charge is 0.478 e. The summed E-state index contributed by atoms with van der Waals surface area (Å²) in [6, 6.07) is 5.40. The molecule has 0 radical (unpaired) electrons. The fourth-order valence-corrected chi connectivity index (χ4v) is 2.17. The Morgan fingerprint density at radius 1 is 1.59 bits per heavy atom. The van der Waals surface area contributed by atoms with Crippen LogP contribution in [0.4, 0.5) is 5.69 Å². The first kappa shape index (κ1) is 12.2. The number of halogens is 1. The normalized spacial score (nSPS) is 16.6. The van der Waals surface area contributed by atoms with E-state index >= 15 is 0 Å². The van der Waals surface area contributed by atoms with Gasteiger partial charge in [0.15, 0.2) is 0 Å². The zero-order valence-electron chi connectivity index (χ0n) is 9.74. The molecule has 0 amide bonds. The van der Waals surface area contributed by atoms with Gasteiger partial charge in [0.25, 0.3) is 0 Å². The number of hydrogen-bond acceptors (Lipinski definition) is 2. The first-order valence-corrected chi connectivity index (χ1v) is 6.23. The number of anilines is 1. The number of carboxylic acid groups (broad SMARTS) is 1. The van der Waals surface area contributed by atoms with E-state index in [2.05, 4.69) is 12.2 Å². The second-order valence-electron chi connectivity index (χ2n) is 4.72. The zero-order chi connectivity index (χ0) is 12.4. The molecule has 0 aliphatic heterocycles. The number of hydrogen-bond donors (Lipinski definition) is 2. The molecule has 1 aliphatic rings. The van der Waals surface area contributed by atoms with E-state index in [1.165, 1.54) is 12.8 Å². The standard InChI is InChI=1S/C13H16ClNO2/c1-8(6-9-2-3-9)15-10-4-5-12(14)11(7-10)13(16)17/h4-5,7-9,15H,2-3,6H2,1H3,(H,16,17). The molecule has 17 heavy (non-hydrogen) atoms. The summed E-state index contributed by atoms with van der Waals surface area (Å²) in [5.74, 6) is -0.141. The molecule has 1 atom stereocenters. The molecule has 3 nitrogen and oxygen atoms in total. The summed E-state index contributed by atoms with van der Waals surface area (Å²) in [7, 11) is 0. The van der Waals surface area contributed by atoms with Gasteiger partial charge in [0, 0.05) is 11.7 Å². The van der Waals surface area contributed by atoms with Gasteiger partial charge in [-0.2, -0.15) is 0 Å². The molecule has 0 spiro atoms. The predicted molar refractivity (Wildman–Crippen MR) is 68.8 cm³/mol. The number of nitrogens with one attached hydrogen (secondary N) is 1. The molecule has 0 heterocycles. The quantitative estimate of drug-likeness (QED) is 0.842. The third kappa shape index (κ3) is 3.37. The van der Waals surface area contributed by atoms with Gasteiger partial charge in [-0.15, -0.1) is 0 Å². The molecule has 2 N–H and O–H groups in total. The third-order valence-corrected chi connectivity index (χ3v) is 3.32. The summed E-state index contributed by atoms with van der Waals surface area (Å²) in [6.07, 6.45) is 3.80. The van der Waals surface area contributed by atoms with E-state index in [0.717, 1.165) is 18.0 Å². The molecule has 1 unspecified atom stereocenters. The summed E-state index contributed by atoms with van der Waals surface area (Å²) >= 11 is 5.81. The van der Waals surface area contributed by atoms with Crippen molar-refractivity contribution in [2.45, 2.75) is 32.2 Å². The lowest BCUT2D eigenvalue weighted by Crippen LogP contribution is -2.16. The van der Waals surface area contributed by atoms with Gasteiger partial charge >= 0.3 is 5.97 Å². The molecule has 4 heteroatoms. The fourth-order valence-electron chi connectivity index (χ4n) is 1.98. The SMILES string of the molecule is CC(CC1CC1)Nc1ccc(Cl)c(C(=O)O)c1. The Morgan fingerprint density at radius 2 is 2.29 bits per heavy atom. The fraction of sp³-hybridized carbons (Fsp3) is 0.462. The van der Waals surface area contributed by atoms with E-state index in [4.69, 9.17) is 16.7 Å². The minimum absolute atomic E-state index is 0.148. The van der Waals surface area contributed by atoms with Crippen LogP contribution in [0.25, 0.3) is 0 Å². The average molecular weight is 254 g/mol. The van der Waals surface area contributed by atoms with Crippen molar-refractivity contribution in [1.29, 1.82) is 0 Å². The van der Waals surface area contributed by atoms with E-state index in [-0.39, 0.29) is 10.6 Å². The summed E-state index contributed by atoms with van der Waals surface area (Å²) in [5.41, 5.74) is 0.968. The van der Waals surface area contributed by atoms with Crippen LogP contribution in [0.2, 0.25) is 5.02 Å². The van der Waals surface area contributed by atoms with Gasteiger partial charge in [-0.3, -0.25) is 0 Å². The van der Waals surface area contributed by atoms with Crippen LogP contribution in [0.1, 0.15) is 36.5 Å². The van der Waals surface area contributed by atoms with E-state index in [1.54, 1.807) is 12.1 Å². The predicted octanol–water partition coefficient (Wildman–Crippen LogP) is 3.64. The summed E-state index contributed by atoms with van der Waals surface area (Å²) in [4.78, 5) is 10.9. The highest BCUT2D eigenvalue weighted by Crippen LogP contribution is 2.34. The van der Waals surface area contributed by atoms with Crippen molar-refractivity contribution < 1.29 is 9.90 Å². The van der Waals surface area contributed by atoms with Crippen LogP contribution < -0.4 is 5.32 Å². The second kappa shape index (κ2) is 4.96. The molecule has 1 saturated carbocycles. The first-order chi connectivity index (χ1) is 8.06. The first-order valence-electron chi connectivity index (χ1n) is 5.85. The molecule has 92 valence electrons. The Balaban J connectivity index is 2.04. The van der Waals surface area contributed by atoms with E-state index < -0.39 is 5.97 Å². The highest BCUT2D eigenvalue weighted by Gasteiger charge is 2.23. The third-order valence-electron chi connectivity index (χ3n) is 2.99. The van der Waals surface area contributed by atoms with Crippen molar-refractivity contribution in [2.24, 2.45) is 5.92 Å². The Hall–Kier alpha value is -1.22. The molecule has 0 bridgehead atoms. The van der Waals surface area contributed by atoms with Gasteiger partial charge in [0.2, 0.25) is 0 Å². The molecule has 1 aliphatic carbocycles. The molecule has 0 aromatic heterocycles. The topological polar surface area (TPSA) is 49.3 Å². The zero-order valence-corrected chi connectivity index (χ0v) is 10.5. The Morgan fingerprint density at radius 3 is 2.88 bits per heavy atom. The van der Waals surface area contributed by atoms with E-state index in [1.807, 2.05) is 6.07 Å². The van der Waals surface area contributed by atoms with Crippen LogP contribution in [-0.2, 0) is 0 Å². The number of rotatable bonds is 5. The van der Waals surface area contributed by atoms with Crippen molar-refractivity contribution in [3.8, 4) is 0 Å². The smallest absolute Gasteiger partial charge is 0.337 e. The van der Waals surface area contributed by atoms with Crippen molar-refractivity contribution in [2.75, 3.05) is 5.32 Å². The lowest BCUT2D eigenvalue weighted by molar-refractivity contribution is 0.0697. The average Bonchev–Trinajstić information content (AvgIpc) is 3.04. The molecule has 2 rings (SSSR count). The molecule has 1 fully saturated rings. The minimum Gasteiger partial charge on any atom is -0.478 e. The maximum atomic E-state index is 10.9. The van der Waals surface area contributed by atoms with Crippen LogP contribution >= 0.6 is 11.6 Å². The van der Waals surface area contributed by atoms with Crippen molar-refractivity contribution >= 4 is 23.3 Å². The number of aromatic carboxylic acids is 1. The van der Waals surface area contributed by atoms with Crippen LogP contribution in [0.5, 0.6) is 0 Å². The van der Waals surface area contributed by atoms with Crippen LogP contribution in [-0.4, -0.2) is 17.1 Å². The monoisotopic (exact) mass is 253 g/mol. The molecule has 1 aromatic rings. The van der Waals surface area contributed by atoms with Crippen molar-refractivity contribution in [3.05, 3.63) is 28.8 Å². The highest BCUT2D eigenvalue weighted by molar-refractivity contribution is 6.33. The summed E-state index contributed by atoms with van der Waals surface area (Å²) in [5, 5.41) is 12.6. The maximum Gasteiger partial charge on any atom is 0.337 e. The van der Waals surface area contributed by atoms with Crippen LogP contribution in [0.15, 0.2) is 18.2 Å². The summed E-state index contributed by atoms with van der Waals surface area (Å²) in [6.45, 7) is 2.12. The number of carbonyl (C=O) groups is 1. The molecule has 1 aromatic carbocycles. The lowest BCUT2D eigenvalue weighted by atomic mass is 10.1.